The number of hydrogen-bond donors (Lipinski definition) is 1. The van der Waals surface area contributed by atoms with Crippen molar-refractivity contribution in [1.29, 1.82) is 0 Å². The molecule has 0 aliphatic carbocycles. The summed E-state index contributed by atoms with van der Waals surface area (Å²) in [6.07, 6.45) is 2.58. The van der Waals surface area contributed by atoms with E-state index in [9.17, 15) is 0 Å². The third-order valence-electron chi connectivity index (χ3n) is 3.77. The third kappa shape index (κ3) is 4.76. The maximum Gasteiger partial charge on any atom is 0.169 e. The molecule has 1 aliphatic heterocycles. The molecular weight excluding hydrogens is 266 g/mol. The fraction of sp³-hybridized carbons (Fsp3) is 0.562. The first kappa shape index (κ1) is 15.3. The second-order valence-corrected chi connectivity index (χ2v) is 5.71. The number of rotatable bonds is 5. The number of benzene rings is 1. The van der Waals surface area contributed by atoms with Gasteiger partial charge in [-0.2, -0.15) is 0 Å². The zero-order valence-corrected chi connectivity index (χ0v) is 13.2. The maximum atomic E-state index is 5.50. The predicted octanol–water partition coefficient (Wildman–Crippen LogP) is 2.48. The van der Waals surface area contributed by atoms with E-state index in [0.717, 1.165) is 37.8 Å². The second kappa shape index (κ2) is 8.22. The van der Waals surface area contributed by atoms with Gasteiger partial charge in [-0.1, -0.05) is 43.7 Å². The van der Waals surface area contributed by atoms with Crippen LogP contribution in [-0.4, -0.2) is 47.6 Å². The number of nitrogens with zero attached hydrogens (tertiary/aromatic N) is 2. The lowest BCUT2D eigenvalue weighted by atomic mass is 10.2. The molecule has 0 radical (unpaired) electrons. The van der Waals surface area contributed by atoms with E-state index < -0.39 is 0 Å². The average molecular weight is 291 g/mol. The molecular formula is C16H25N3S. The Balaban J connectivity index is 1.69. The smallest absolute Gasteiger partial charge is 0.169 e. The molecule has 1 aromatic rings. The first-order chi connectivity index (χ1) is 9.79. The summed E-state index contributed by atoms with van der Waals surface area (Å²) >= 11 is 5.50. The predicted molar refractivity (Wildman–Crippen MR) is 88.8 cm³/mol. The molecule has 0 unspecified atom stereocenters. The Morgan fingerprint density at radius 2 is 1.85 bits per heavy atom. The van der Waals surface area contributed by atoms with E-state index in [-0.39, 0.29) is 0 Å². The summed E-state index contributed by atoms with van der Waals surface area (Å²) in [5.41, 5.74) is 1.27. The Morgan fingerprint density at radius 3 is 2.50 bits per heavy atom. The molecule has 20 heavy (non-hydrogen) atoms. The largest absolute Gasteiger partial charge is 0.358 e. The van der Waals surface area contributed by atoms with Gasteiger partial charge in [0, 0.05) is 32.7 Å². The van der Waals surface area contributed by atoms with Crippen LogP contribution in [-0.2, 0) is 6.54 Å². The molecule has 0 saturated carbocycles. The van der Waals surface area contributed by atoms with E-state index in [2.05, 4.69) is 46.3 Å². The highest BCUT2D eigenvalue weighted by Gasteiger charge is 2.17. The average Bonchev–Trinajstić information content (AvgIpc) is 2.52. The molecule has 4 heteroatoms. The van der Waals surface area contributed by atoms with Crippen molar-refractivity contribution in [3.05, 3.63) is 35.9 Å². The molecule has 0 spiro atoms. The lowest BCUT2D eigenvalue weighted by molar-refractivity contribution is 0.179. The van der Waals surface area contributed by atoms with Gasteiger partial charge in [0.25, 0.3) is 0 Å². The van der Waals surface area contributed by atoms with E-state index in [4.69, 9.17) is 12.2 Å². The molecule has 1 fully saturated rings. The minimum Gasteiger partial charge on any atom is -0.358 e. The molecule has 1 N–H and O–H groups in total. The van der Waals surface area contributed by atoms with Crippen molar-refractivity contribution in [2.75, 3.05) is 32.7 Å². The van der Waals surface area contributed by atoms with Gasteiger partial charge in [-0.05, 0) is 30.7 Å². The van der Waals surface area contributed by atoms with Crippen molar-refractivity contribution < 1.29 is 0 Å². The van der Waals surface area contributed by atoms with Crippen molar-refractivity contribution in [3.8, 4) is 0 Å². The first-order valence-electron chi connectivity index (χ1n) is 7.58. The summed E-state index contributed by atoms with van der Waals surface area (Å²) in [5, 5.41) is 4.26. The highest BCUT2D eigenvalue weighted by molar-refractivity contribution is 7.80. The number of hydrogen-bond acceptors (Lipinski definition) is 2. The quantitative estimate of drug-likeness (QED) is 0.840. The van der Waals surface area contributed by atoms with E-state index in [1.54, 1.807) is 0 Å². The van der Waals surface area contributed by atoms with E-state index in [1.165, 1.54) is 24.9 Å². The summed E-state index contributed by atoms with van der Waals surface area (Å²) in [4.78, 5) is 4.83. The molecule has 0 bridgehead atoms. The van der Waals surface area contributed by atoms with Crippen molar-refractivity contribution >= 4 is 17.3 Å². The van der Waals surface area contributed by atoms with Crippen LogP contribution in [0.15, 0.2) is 30.3 Å². The Bertz CT molecular complexity index is 399. The molecule has 3 nitrogen and oxygen atoms in total. The molecule has 0 amide bonds. The molecule has 1 aromatic carbocycles. The number of piperazine rings is 1. The number of thiocarbonyl (C=S) groups is 1. The summed E-state index contributed by atoms with van der Waals surface area (Å²) in [6.45, 7) is 8.65. The fourth-order valence-electron chi connectivity index (χ4n) is 2.44. The first-order valence-corrected chi connectivity index (χ1v) is 7.99. The van der Waals surface area contributed by atoms with E-state index >= 15 is 0 Å². The van der Waals surface area contributed by atoms with E-state index in [0.29, 0.717) is 0 Å². The molecule has 1 aliphatic rings. The zero-order valence-electron chi connectivity index (χ0n) is 12.3. The van der Waals surface area contributed by atoms with Gasteiger partial charge in [0.05, 0.1) is 0 Å². The van der Waals surface area contributed by atoms with Crippen LogP contribution in [0.25, 0.3) is 0 Å². The fourth-order valence-corrected chi connectivity index (χ4v) is 2.70. The van der Waals surface area contributed by atoms with Crippen molar-refractivity contribution in [3.63, 3.8) is 0 Å². The minimum absolute atomic E-state index is 0.815. The highest BCUT2D eigenvalue weighted by Crippen LogP contribution is 2.05. The molecule has 2 rings (SSSR count). The number of nitrogens with one attached hydrogen (secondary N) is 1. The lowest BCUT2D eigenvalue weighted by Crippen LogP contribution is -2.51. The van der Waals surface area contributed by atoms with E-state index in [1.807, 2.05) is 6.07 Å². The van der Waals surface area contributed by atoms with Crippen LogP contribution < -0.4 is 5.32 Å². The van der Waals surface area contributed by atoms with Crippen molar-refractivity contribution in [2.45, 2.75) is 26.3 Å². The SMILES string of the molecule is CCCCN1CCN(C(=S)NCc2ccccc2)CC1. The topological polar surface area (TPSA) is 18.5 Å². The molecule has 0 aromatic heterocycles. The van der Waals surface area contributed by atoms with Crippen molar-refractivity contribution in [2.24, 2.45) is 0 Å². The monoisotopic (exact) mass is 291 g/mol. The van der Waals surface area contributed by atoms with Gasteiger partial charge in [-0.25, -0.2) is 0 Å². The van der Waals surface area contributed by atoms with Crippen LogP contribution in [0.5, 0.6) is 0 Å². The summed E-state index contributed by atoms with van der Waals surface area (Å²) in [7, 11) is 0. The van der Waals surface area contributed by atoms with Gasteiger partial charge in [-0.3, -0.25) is 4.90 Å². The van der Waals surface area contributed by atoms with Crippen molar-refractivity contribution in [1.82, 2.24) is 15.1 Å². The minimum atomic E-state index is 0.815. The summed E-state index contributed by atoms with van der Waals surface area (Å²) in [5.74, 6) is 0. The molecule has 0 atom stereocenters. The standard InChI is InChI=1S/C16H25N3S/c1-2-3-9-18-10-12-19(13-11-18)16(20)17-14-15-7-5-4-6-8-15/h4-8H,2-3,9-14H2,1H3,(H,17,20). The van der Waals surface area contributed by atoms with Gasteiger partial charge in [0.1, 0.15) is 0 Å². The van der Waals surface area contributed by atoms with Gasteiger partial charge in [0.2, 0.25) is 0 Å². The van der Waals surface area contributed by atoms with Gasteiger partial charge < -0.3 is 10.2 Å². The summed E-state index contributed by atoms with van der Waals surface area (Å²) < 4.78 is 0. The third-order valence-corrected chi connectivity index (χ3v) is 4.18. The van der Waals surface area contributed by atoms with Crippen LogP contribution in [0.3, 0.4) is 0 Å². The molecule has 1 saturated heterocycles. The number of unbranched alkanes of at least 4 members (excludes halogenated alkanes) is 1. The highest BCUT2D eigenvalue weighted by atomic mass is 32.1. The maximum absolute atomic E-state index is 5.50. The van der Waals surface area contributed by atoms with Crippen LogP contribution >= 0.6 is 12.2 Å². The lowest BCUT2D eigenvalue weighted by Gasteiger charge is -2.36. The zero-order chi connectivity index (χ0) is 14.2. The van der Waals surface area contributed by atoms with Crippen LogP contribution in [0, 0.1) is 0 Å². The van der Waals surface area contributed by atoms with Crippen LogP contribution in [0.2, 0.25) is 0 Å². The second-order valence-electron chi connectivity index (χ2n) is 5.33. The van der Waals surface area contributed by atoms with Gasteiger partial charge >= 0.3 is 0 Å². The summed E-state index contributed by atoms with van der Waals surface area (Å²) in [6, 6.07) is 10.4. The van der Waals surface area contributed by atoms with Crippen LogP contribution in [0.4, 0.5) is 0 Å². The molecule has 110 valence electrons. The van der Waals surface area contributed by atoms with Gasteiger partial charge in [0.15, 0.2) is 5.11 Å². The molecule has 1 heterocycles. The van der Waals surface area contributed by atoms with Crippen LogP contribution in [0.1, 0.15) is 25.3 Å². The Hall–Kier alpha value is -1.13. The normalized spacial score (nSPS) is 16.1. The Morgan fingerprint density at radius 1 is 1.15 bits per heavy atom. The Kier molecular flexibility index (Phi) is 6.27. The Labute approximate surface area is 128 Å². The van der Waals surface area contributed by atoms with Gasteiger partial charge in [-0.15, -0.1) is 0 Å².